The third-order valence-corrected chi connectivity index (χ3v) is 3.21. The number of hydrogen-bond acceptors (Lipinski definition) is 1. The zero-order valence-electron chi connectivity index (χ0n) is 10.7. The summed E-state index contributed by atoms with van der Waals surface area (Å²) in [6.07, 6.45) is 0.718. The van der Waals surface area contributed by atoms with Crippen LogP contribution in [0, 0.1) is 17.5 Å². The molecule has 1 aromatic carbocycles. The standard InChI is InChI=1S/C13H15BrF3NO/c1-8(2)18(5-3-4-14)13(19)9-6-10(15)12(17)11(16)7-9/h6-8H,3-5H2,1-2H3. The van der Waals surface area contributed by atoms with Crippen molar-refractivity contribution in [1.82, 2.24) is 4.90 Å². The van der Waals surface area contributed by atoms with E-state index in [0.29, 0.717) is 6.54 Å². The van der Waals surface area contributed by atoms with E-state index in [2.05, 4.69) is 15.9 Å². The Morgan fingerprint density at radius 2 is 1.79 bits per heavy atom. The first kappa shape index (κ1) is 16.0. The molecular weight excluding hydrogens is 323 g/mol. The minimum atomic E-state index is -1.56. The first-order chi connectivity index (χ1) is 8.88. The molecule has 0 N–H and O–H groups in total. The molecule has 0 radical (unpaired) electrons. The Morgan fingerprint density at radius 1 is 1.26 bits per heavy atom. The summed E-state index contributed by atoms with van der Waals surface area (Å²) in [5.41, 5.74) is -0.181. The van der Waals surface area contributed by atoms with Gasteiger partial charge in [0.2, 0.25) is 0 Å². The van der Waals surface area contributed by atoms with Crippen molar-refractivity contribution in [3.63, 3.8) is 0 Å². The molecule has 0 aliphatic rings. The third kappa shape index (κ3) is 3.96. The van der Waals surface area contributed by atoms with Crippen LogP contribution in [0.3, 0.4) is 0 Å². The van der Waals surface area contributed by atoms with Gasteiger partial charge in [-0.1, -0.05) is 15.9 Å². The molecule has 106 valence electrons. The van der Waals surface area contributed by atoms with Crippen LogP contribution in [-0.2, 0) is 0 Å². The zero-order chi connectivity index (χ0) is 14.6. The van der Waals surface area contributed by atoms with Gasteiger partial charge in [0.05, 0.1) is 0 Å². The van der Waals surface area contributed by atoms with Crippen molar-refractivity contribution in [2.75, 3.05) is 11.9 Å². The molecule has 0 aliphatic heterocycles. The van der Waals surface area contributed by atoms with E-state index in [1.165, 1.54) is 4.90 Å². The summed E-state index contributed by atoms with van der Waals surface area (Å²) in [5.74, 6) is -4.78. The predicted octanol–water partition coefficient (Wildman–Crippen LogP) is 3.74. The number of benzene rings is 1. The normalized spacial score (nSPS) is 10.9. The number of nitrogens with zero attached hydrogens (tertiary/aromatic N) is 1. The first-order valence-electron chi connectivity index (χ1n) is 5.90. The van der Waals surface area contributed by atoms with Gasteiger partial charge in [0, 0.05) is 23.5 Å². The minimum absolute atomic E-state index is 0.109. The van der Waals surface area contributed by atoms with Crippen LogP contribution in [0.15, 0.2) is 12.1 Å². The second kappa shape index (κ2) is 6.93. The largest absolute Gasteiger partial charge is 0.336 e. The maximum atomic E-state index is 13.1. The van der Waals surface area contributed by atoms with Crippen LogP contribution in [0.1, 0.15) is 30.6 Å². The lowest BCUT2D eigenvalue weighted by Crippen LogP contribution is -2.38. The molecule has 0 bridgehead atoms. The molecule has 0 spiro atoms. The van der Waals surface area contributed by atoms with E-state index in [1.54, 1.807) is 0 Å². The van der Waals surface area contributed by atoms with Crippen molar-refractivity contribution in [2.24, 2.45) is 0 Å². The molecule has 0 atom stereocenters. The first-order valence-corrected chi connectivity index (χ1v) is 7.02. The van der Waals surface area contributed by atoms with E-state index >= 15 is 0 Å². The van der Waals surface area contributed by atoms with Gasteiger partial charge >= 0.3 is 0 Å². The smallest absolute Gasteiger partial charge is 0.254 e. The van der Waals surface area contributed by atoms with Crippen LogP contribution in [0.5, 0.6) is 0 Å². The summed E-state index contributed by atoms with van der Waals surface area (Å²) < 4.78 is 39.1. The topological polar surface area (TPSA) is 20.3 Å². The molecule has 1 rings (SSSR count). The lowest BCUT2D eigenvalue weighted by Gasteiger charge is -2.26. The number of amides is 1. The number of alkyl halides is 1. The van der Waals surface area contributed by atoms with E-state index in [0.717, 1.165) is 23.9 Å². The van der Waals surface area contributed by atoms with Crippen LogP contribution in [0.25, 0.3) is 0 Å². The van der Waals surface area contributed by atoms with Crippen molar-refractivity contribution in [3.05, 3.63) is 35.1 Å². The molecule has 19 heavy (non-hydrogen) atoms. The van der Waals surface area contributed by atoms with Crippen molar-refractivity contribution in [3.8, 4) is 0 Å². The maximum Gasteiger partial charge on any atom is 0.254 e. The number of rotatable bonds is 5. The van der Waals surface area contributed by atoms with Gasteiger partial charge in [-0.25, -0.2) is 13.2 Å². The number of hydrogen-bond donors (Lipinski definition) is 0. The fraction of sp³-hybridized carbons (Fsp3) is 0.462. The zero-order valence-corrected chi connectivity index (χ0v) is 12.3. The summed E-state index contributed by atoms with van der Waals surface area (Å²) in [6.45, 7) is 4.08. The quantitative estimate of drug-likeness (QED) is 0.592. The van der Waals surface area contributed by atoms with Crippen LogP contribution in [0.4, 0.5) is 13.2 Å². The molecule has 6 heteroatoms. The van der Waals surface area contributed by atoms with Gasteiger partial charge in [0.15, 0.2) is 17.5 Å². The van der Waals surface area contributed by atoms with Crippen molar-refractivity contribution in [1.29, 1.82) is 0 Å². The average Bonchev–Trinajstić information content (AvgIpc) is 2.35. The molecule has 0 saturated carbocycles. The molecule has 0 saturated heterocycles. The van der Waals surface area contributed by atoms with Crippen LogP contribution < -0.4 is 0 Å². The molecule has 1 aromatic rings. The summed E-state index contributed by atoms with van der Waals surface area (Å²) >= 11 is 3.26. The highest BCUT2D eigenvalue weighted by Gasteiger charge is 2.21. The molecule has 2 nitrogen and oxygen atoms in total. The highest BCUT2D eigenvalue weighted by molar-refractivity contribution is 9.09. The Morgan fingerprint density at radius 3 is 2.21 bits per heavy atom. The van der Waals surface area contributed by atoms with Gasteiger partial charge < -0.3 is 4.90 Å². The SMILES string of the molecule is CC(C)N(CCCBr)C(=O)c1cc(F)c(F)c(F)c1. The summed E-state index contributed by atoms with van der Waals surface area (Å²) in [5, 5.41) is 0.718. The van der Waals surface area contributed by atoms with Gasteiger partial charge in [0.1, 0.15) is 0 Å². The minimum Gasteiger partial charge on any atom is -0.336 e. The Hall–Kier alpha value is -1.04. The van der Waals surface area contributed by atoms with Gasteiger partial charge in [-0.2, -0.15) is 0 Å². The predicted molar refractivity (Wildman–Crippen MR) is 70.9 cm³/mol. The van der Waals surface area contributed by atoms with Crippen molar-refractivity contribution >= 4 is 21.8 Å². The third-order valence-electron chi connectivity index (χ3n) is 2.65. The number of carbonyl (C=O) groups is 1. The average molecular weight is 338 g/mol. The van der Waals surface area contributed by atoms with Gasteiger partial charge in [-0.05, 0) is 32.4 Å². The second-order valence-electron chi connectivity index (χ2n) is 4.39. The summed E-state index contributed by atoms with van der Waals surface area (Å²) in [7, 11) is 0. The Labute approximate surface area is 118 Å². The molecule has 0 fully saturated rings. The fourth-order valence-corrected chi connectivity index (χ4v) is 1.92. The lowest BCUT2D eigenvalue weighted by atomic mass is 10.1. The van der Waals surface area contributed by atoms with Crippen molar-refractivity contribution < 1.29 is 18.0 Å². The summed E-state index contributed by atoms with van der Waals surface area (Å²) in [6, 6.07) is 1.34. The van der Waals surface area contributed by atoms with E-state index in [4.69, 9.17) is 0 Å². The van der Waals surface area contributed by atoms with Crippen molar-refractivity contribution in [2.45, 2.75) is 26.3 Å². The van der Waals surface area contributed by atoms with E-state index in [1.807, 2.05) is 13.8 Å². The molecule has 0 heterocycles. The summed E-state index contributed by atoms with van der Waals surface area (Å²) in [4.78, 5) is 13.7. The molecule has 0 unspecified atom stereocenters. The van der Waals surface area contributed by atoms with Gasteiger partial charge in [-0.3, -0.25) is 4.79 Å². The molecule has 1 amide bonds. The van der Waals surface area contributed by atoms with Gasteiger partial charge in [-0.15, -0.1) is 0 Å². The fourth-order valence-electron chi connectivity index (χ4n) is 1.67. The Kier molecular flexibility index (Phi) is 5.85. The van der Waals surface area contributed by atoms with Crippen LogP contribution >= 0.6 is 15.9 Å². The van der Waals surface area contributed by atoms with Crippen LogP contribution in [0.2, 0.25) is 0 Å². The van der Waals surface area contributed by atoms with E-state index in [-0.39, 0.29) is 11.6 Å². The van der Waals surface area contributed by atoms with Gasteiger partial charge in [0.25, 0.3) is 5.91 Å². The number of halogens is 4. The van der Waals surface area contributed by atoms with E-state index in [9.17, 15) is 18.0 Å². The molecule has 0 aliphatic carbocycles. The highest BCUT2D eigenvalue weighted by atomic mass is 79.9. The lowest BCUT2D eigenvalue weighted by molar-refractivity contribution is 0.0705. The maximum absolute atomic E-state index is 13.1. The Balaban J connectivity index is 3.03. The molecular formula is C13H15BrF3NO. The van der Waals surface area contributed by atoms with Crippen LogP contribution in [-0.4, -0.2) is 28.7 Å². The molecule has 0 aromatic heterocycles. The number of carbonyl (C=O) groups excluding carboxylic acids is 1. The second-order valence-corrected chi connectivity index (χ2v) is 5.18. The monoisotopic (exact) mass is 337 g/mol. The highest BCUT2D eigenvalue weighted by Crippen LogP contribution is 2.16. The Bertz CT molecular complexity index is 442. The van der Waals surface area contributed by atoms with E-state index < -0.39 is 23.4 Å².